The van der Waals surface area contributed by atoms with Crippen LogP contribution in [0.1, 0.15) is 11.6 Å². The van der Waals surface area contributed by atoms with Crippen LogP contribution in [0.15, 0.2) is 30.3 Å². The fourth-order valence-electron chi connectivity index (χ4n) is 2.03. The number of rotatable bonds is 3. The van der Waals surface area contributed by atoms with Gasteiger partial charge in [-0.25, -0.2) is 0 Å². The molecule has 0 aliphatic carbocycles. The molecule has 1 unspecified atom stereocenters. The maximum Gasteiger partial charge on any atom is 0.146 e. The molecule has 0 saturated carbocycles. The minimum atomic E-state index is 0. The summed E-state index contributed by atoms with van der Waals surface area (Å²) in [4.78, 5) is 0. The number of ether oxygens (including phenoxy) is 2. The van der Waals surface area contributed by atoms with E-state index < -0.39 is 0 Å². The molecule has 1 heterocycles. The van der Waals surface area contributed by atoms with Crippen LogP contribution in [-0.2, 0) is 9.47 Å². The summed E-state index contributed by atoms with van der Waals surface area (Å²) >= 11 is 0. The highest BCUT2D eigenvalue weighted by Crippen LogP contribution is 2.24. The molecule has 1 N–H and O–H groups in total. The van der Waals surface area contributed by atoms with Gasteiger partial charge in [0.1, 0.15) is 6.79 Å². The molecule has 0 aromatic heterocycles. The first-order chi connectivity index (χ1) is 7.42. The topological polar surface area (TPSA) is 30.5 Å². The predicted octanol–water partition coefficient (Wildman–Crippen LogP) is 1.99. The lowest BCUT2D eigenvalue weighted by Gasteiger charge is -2.30. The van der Waals surface area contributed by atoms with E-state index in [9.17, 15) is 0 Å². The van der Waals surface area contributed by atoms with E-state index in [4.69, 9.17) is 9.47 Å². The minimum absolute atomic E-state index is 0. The van der Waals surface area contributed by atoms with Crippen LogP contribution in [0.4, 0.5) is 0 Å². The van der Waals surface area contributed by atoms with Crippen LogP contribution in [-0.4, -0.2) is 27.1 Å². The van der Waals surface area contributed by atoms with Gasteiger partial charge in [0.25, 0.3) is 0 Å². The fraction of sp³-hybridized carbons (Fsp3) is 0.500. The van der Waals surface area contributed by atoms with Gasteiger partial charge in [0.15, 0.2) is 0 Å². The van der Waals surface area contributed by atoms with Crippen LogP contribution >= 0.6 is 12.4 Å². The number of hydrogen-bond donors (Lipinski definition) is 1. The standard InChI is InChI=1S/C12H17NO2.ClH/c1-13-12(10-5-3-2-4-6-10)11-7-14-9-15-8-11;/h2-6,11-13H,7-9H2,1H3;1H. The van der Waals surface area contributed by atoms with Crippen molar-refractivity contribution in [1.29, 1.82) is 0 Å². The summed E-state index contributed by atoms with van der Waals surface area (Å²) in [7, 11) is 1.98. The SMILES string of the molecule is CNC(c1ccccc1)C1COCOC1.Cl. The quantitative estimate of drug-likeness (QED) is 0.881. The Labute approximate surface area is 103 Å². The van der Waals surface area contributed by atoms with Crippen molar-refractivity contribution in [3.05, 3.63) is 35.9 Å². The summed E-state index contributed by atoms with van der Waals surface area (Å²) in [5.74, 6) is 0.395. The Hall–Kier alpha value is -0.610. The van der Waals surface area contributed by atoms with Gasteiger partial charge in [0.2, 0.25) is 0 Å². The molecule has 2 rings (SSSR count). The Bertz CT molecular complexity index is 288. The maximum atomic E-state index is 5.32. The largest absolute Gasteiger partial charge is 0.355 e. The molecule has 1 aliphatic heterocycles. The second kappa shape index (κ2) is 6.86. The number of halogens is 1. The third-order valence-corrected chi connectivity index (χ3v) is 2.77. The molecule has 0 radical (unpaired) electrons. The summed E-state index contributed by atoms with van der Waals surface area (Å²) in [6, 6.07) is 10.7. The van der Waals surface area contributed by atoms with Crippen LogP contribution in [0.5, 0.6) is 0 Å². The van der Waals surface area contributed by atoms with E-state index in [-0.39, 0.29) is 12.4 Å². The van der Waals surface area contributed by atoms with Crippen LogP contribution in [0.3, 0.4) is 0 Å². The molecule has 90 valence electrons. The second-order valence-corrected chi connectivity index (χ2v) is 3.80. The van der Waals surface area contributed by atoms with Crippen molar-refractivity contribution in [2.45, 2.75) is 6.04 Å². The number of benzene rings is 1. The fourth-order valence-corrected chi connectivity index (χ4v) is 2.03. The molecular weight excluding hydrogens is 226 g/mol. The van der Waals surface area contributed by atoms with Gasteiger partial charge in [-0.2, -0.15) is 0 Å². The van der Waals surface area contributed by atoms with E-state index in [2.05, 4.69) is 29.6 Å². The first-order valence-corrected chi connectivity index (χ1v) is 5.29. The average molecular weight is 244 g/mol. The van der Waals surface area contributed by atoms with Gasteiger partial charge in [-0.05, 0) is 12.6 Å². The van der Waals surface area contributed by atoms with E-state index in [1.807, 2.05) is 13.1 Å². The van der Waals surface area contributed by atoms with Crippen LogP contribution in [0.25, 0.3) is 0 Å². The van der Waals surface area contributed by atoms with E-state index >= 15 is 0 Å². The first kappa shape index (κ1) is 13.5. The van der Waals surface area contributed by atoms with E-state index in [0.717, 1.165) is 13.2 Å². The third-order valence-electron chi connectivity index (χ3n) is 2.77. The molecule has 0 bridgehead atoms. The molecule has 16 heavy (non-hydrogen) atoms. The van der Waals surface area contributed by atoms with Gasteiger partial charge >= 0.3 is 0 Å². The van der Waals surface area contributed by atoms with Gasteiger partial charge in [0.05, 0.1) is 13.2 Å². The van der Waals surface area contributed by atoms with Crippen molar-refractivity contribution in [3.63, 3.8) is 0 Å². The number of hydrogen-bond acceptors (Lipinski definition) is 3. The second-order valence-electron chi connectivity index (χ2n) is 3.80. The summed E-state index contributed by atoms with van der Waals surface area (Å²) in [5, 5.41) is 3.33. The Balaban J connectivity index is 0.00000128. The Morgan fingerprint density at radius 3 is 2.38 bits per heavy atom. The summed E-state index contributed by atoms with van der Waals surface area (Å²) in [6.07, 6.45) is 0. The van der Waals surface area contributed by atoms with Gasteiger partial charge < -0.3 is 14.8 Å². The van der Waals surface area contributed by atoms with Crippen molar-refractivity contribution in [3.8, 4) is 0 Å². The smallest absolute Gasteiger partial charge is 0.146 e. The molecular formula is C12H18ClNO2. The zero-order valence-corrected chi connectivity index (χ0v) is 10.2. The van der Waals surface area contributed by atoms with Gasteiger partial charge in [-0.3, -0.25) is 0 Å². The molecule has 1 fully saturated rings. The molecule has 0 spiro atoms. The van der Waals surface area contributed by atoms with Gasteiger partial charge in [-0.15, -0.1) is 12.4 Å². The van der Waals surface area contributed by atoms with Crippen molar-refractivity contribution < 1.29 is 9.47 Å². The zero-order chi connectivity index (χ0) is 10.5. The lowest BCUT2D eigenvalue weighted by Crippen LogP contribution is -2.35. The minimum Gasteiger partial charge on any atom is -0.355 e. The molecule has 4 heteroatoms. The summed E-state index contributed by atoms with van der Waals surface area (Å²) < 4.78 is 10.6. The molecule has 1 atom stereocenters. The van der Waals surface area contributed by atoms with E-state index in [1.54, 1.807) is 0 Å². The summed E-state index contributed by atoms with van der Waals surface area (Å²) in [6.45, 7) is 1.96. The van der Waals surface area contributed by atoms with Crippen LogP contribution in [0.2, 0.25) is 0 Å². The lowest BCUT2D eigenvalue weighted by atomic mass is 9.94. The van der Waals surface area contributed by atoms with Crippen molar-refractivity contribution >= 4 is 12.4 Å². The number of nitrogens with one attached hydrogen (secondary N) is 1. The summed E-state index contributed by atoms with van der Waals surface area (Å²) in [5.41, 5.74) is 1.29. The lowest BCUT2D eigenvalue weighted by molar-refractivity contribution is -0.132. The molecule has 3 nitrogen and oxygen atoms in total. The van der Waals surface area contributed by atoms with E-state index in [1.165, 1.54) is 5.56 Å². The molecule has 1 aromatic rings. The van der Waals surface area contributed by atoms with Crippen LogP contribution in [0, 0.1) is 5.92 Å². The molecule has 0 amide bonds. The Morgan fingerprint density at radius 1 is 1.19 bits per heavy atom. The Morgan fingerprint density at radius 2 is 1.81 bits per heavy atom. The average Bonchev–Trinajstić information content (AvgIpc) is 2.33. The maximum absolute atomic E-state index is 5.32. The third kappa shape index (κ3) is 3.19. The highest BCUT2D eigenvalue weighted by molar-refractivity contribution is 5.85. The predicted molar refractivity (Wildman–Crippen MR) is 65.8 cm³/mol. The van der Waals surface area contributed by atoms with Crippen molar-refractivity contribution in [1.82, 2.24) is 5.32 Å². The molecule has 1 aliphatic rings. The highest BCUT2D eigenvalue weighted by atomic mass is 35.5. The van der Waals surface area contributed by atoms with Gasteiger partial charge in [0, 0.05) is 12.0 Å². The Kier molecular flexibility index (Phi) is 5.77. The zero-order valence-electron chi connectivity index (χ0n) is 9.39. The molecule has 1 saturated heterocycles. The molecule has 1 aromatic carbocycles. The van der Waals surface area contributed by atoms with Crippen molar-refractivity contribution in [2.24, 2.45) is 5.92 Å². The normalized spacial score (nSPS) is 18.8. The van der Waals surface area contributed by atoms with Gasteiger partial charge in [-0.1, -0.05) is 30.3 Å². The van der Waals surface area contributed by atoms with Crippen LogP contribution < -0.4 is 5.32 Å². The van der Waals surface area contributed by atoms with E-state index in [0.29, 0.717) is 18.8 Å². The monoisotopic (exact) mass is 243 g/mol. The first-order valence-electron chi connectivity index (χ1n) is 5.29. The highest BCUT2D eigenvalue weighted by Gasteiger charge is 2.24. The van der Waals surface area contributed by atoms with Crippen molar-refractivity contribution in [2.75, 3.05) is 27.1 Å².